The normalized spacial score (nSPS) is 20.0. The first-order chi connectivity index (χ1) is 36.4. The first-order valence-corrected chi connectivity index (χ1v) is 26.3. The SMILES string of the molecule is COCCOCCOCCOc1ccccc1-c1nccc(COc2ccc3cc2C[C@H](C(=O)O)OC2N=CN=C4SC(c5ccc(F)cc5)=C(c5c(C)c(Cl)c(c(Cl)c5C)O[C@H](CN5CCN(C)CC5)CO3)C42)n1. The van der Waals surface area contributed by atoms with Crippen LogP contribution in [0.3, 0.4) is 0 Å². The van der Waals surface area contributed by atoms with E-state index in [-0.39, 0.29) is 19.6 Å². The molecule has 20 heteroatoms. The van der Waals surface area contributed by atoms with E-state index in [0.29, 0.717) is 129 Å². The van der Waals surface area contributed by atoms with Gasteiger partial charge in [0.15, 0.2) is 23.9 Å². The summed E-state index contributed by atoms with van der Waals surface area (Å²) in [5.41, 5.74) is 5.24. The number of carbonyl (C=O) groups is 1. The molecule has 0 aliphatic carbocycles. The predicted molar refractivity (Wildman–Crippen MR) is 287 cm³/mol. The zero-order valence-electron chi connectivity index (χ0n) is 42.1. The lowest BCUT2D eigenvalue weighted by molar-refractivity contribution is -0.154. The maximum Gasteiger partial charge on any atom is 0.333 e. The molecule has 4 atom stereocenters. The monoisotopic (exact) mass is 1080 g/mol. The van der Waals surface area contributed by atoms with Crippen LogP contribution in [0.2, 0.25) is 10.0 Å². The molecule has 10 rings (SSSR count). The van der Waals surface area contributed by atoms with Crippen LogP contribution in [0.4, 0.5) is 4.39 Å². The van der Waals surface area contributed by atoms with E-state index in [0.717, 1.165) is 36.7 Å². The van der Waals surface area contributed by atoms with Crippen LogP contribution in [0.15, 0.2) is 89.0 Å². The molecule has 6 heterocycles. The first kappa shape index (κ1) is 54.1. The number of carboxylic acid groups (broad SMARTS) is 1. The zero-order valence-corrected chi connectivity index (χ0v) is 44.5. The fourth-order valence-corrected chi connectivity index (χ4v) is 11.0. The second-order valence-electron chi connectivity index (χ2n) is 18.3. The number of rotatable bonds is 18. The molecule has 1 fully saturated rings. The number of nitrogens with zero attached hydrogens (tertiary/aromatic N) is 6. The fourth-order valence-electron chi connectivity index (χ4n) is 9.26. The molecule has 2 unspecified atom stereocenters. The van der Waals surface area contributed by atoms with Gasteiger partial charge >= 0.3 is 5.97 Å². The van der Waals surface area contributed by atoms with Gasteiger partial charge in [0, 0.05) is 62.9 Å². The van der Waals surface area contributed by atoms with Crippen LogP contribution in [0.5, 0.6) is 23.0 Å². The van der Waals surface area contributed by atoms with Gasteiger partial charge in [0.05, 0.1) is 65.3 Å². The minimum atomic E-state index is -1.44. The Balaban J connectivity index is 1.03. The number of methoxy groups -OCH3 is 1. The van der Waals surface area contributed by atoms with Crippen molar-refractivity contribution in [2.24, 2.45) is 15.9 Å². The van der Waals surface area contributed by atoms with Gasteiger partial charge in [-0.3, -0.25) is 4.90 Å². The average molecular weight is 1090 g/mol. The molecule has 1 saturated heterocycles. The third-order valence-corrected chi connectivity index (χ3v) is 15.3. The highest BCUT2D eigenvalue weighted by molar-refractivity contribution is 8.22. The molecule has 5 aliphatic rings. The third-order valence-electron chi connectivity index (χ3n) is 13.2. The number of hydrogen-bond acceptors (Lipinski definition) is 16. The van der Waals surface area contributed by atoms with Crippen LogP contribution in [-0.2, 0) is 36.8 Å². The minimum Gasteiger partial charge on any atom is -0.490 e. The summed E-state index contributed by atoms with van der Waals surface area (Å²) in [5.74, 6) is -0.130. The molecule has 0 radical (unpaired) electrons. The van der Waals surface area contributed by atoms with Crippen molar-refractivity contribution < 1.29 is 52.2 Å². The van der Waals surface area contributed by atoms with Crippen molar-refractivity contribution in [1.82, 2.24) is 19.8 Å². The summed E-state index contributed by atoms with van der Waals surface area (Å²) >= 11 is 16.1. The number of carboxylic acids is 1. The van der Waals surface area contributed by atoms with Crippen LogP contribution in [-0.4, -0.2) is 154 Å². The third kappa shape index (κ3) is 13.1. The van der Waals surface area contributed by atoms with Crippen molar-refractivity contribution in [3.05, 3.63) is 128 Å². The van der Waals surface area contributed by atoms with E-state index < -0.39 is 36.1 Å². The Kier molecular flexibility index (Phi) is 18.4. The summed E-state index contributed by atoms with van der Waals surface area (Å²) in [6.07, 6.45) is -0.151. The summed E-state index contributed by atoms with van der Waals surface area (Å²) in [5, 5.41) is 12.2. The molecule has 396 valence electrons. The average Bonchev–Trinajstić information content (AvgIpc) is 3.80. The van der Waals surface area contributed by atoms with Crippen molar-refractivity contribution in [3.8, 4) is 34.4 Å². The predicted octanol–water partition coefficient (Wildman–Crippen LogP) is 8.94. The number of benzene rings is 4. The van der Waals surface area contributed by atoms with E-state index in [2.05, 4.69) is 26.8 Å². The number of aliphatic carboxylic acids is 1. The molecule has 0 amide bonds. The Hall–Kier alpha value is -5.67. The number of aliphatic imine (C=N–C) groups is 2. The van der Waals surface area contributed by atoms with Gasteiger partial charge in [-0.05, 0) is 97.3 Å². The number of fused-ring (bicyclic) bond motifs is 7. The van der Waals surface area contributed by atoms with Gasteiger partial charge in [0.2, 0.25) is 0 Å². The summed E-state index contributed by atoms with van der Waals surface area (Å²) in [6.45, 7) is 10.4. The summed E-state index contributed by atoms with van der Waals surface area (Å²) in [4.78, 5) is 37.6. The Morgan fingerprint density at radius 2 is 1.63 bits per heavy atom. The molecule has 16 nitrogen and oxygen atoms in total. The summed E-state index contributed by atoms with van der Waals surface area (Å²) in [7, 11) is 3.73. The van der Waals surface area contributed by atoms with E-state index in [1.165, 1.54) is 30.2 Å². The van der Waals surface area contributed by atoms with Crippen LogP contribution in [0.25, 0.3) is 21.9 Å². The summed E-state index contributed by atoms with van der Waals surface area (Å²) in [6, 6.07) is 20.7. The Bertz CT molecular complexity index is 2890. The fraction of sp³-hybridized carbons (Fsp3) is 0.400. The second-order valence-corrected chi connectivity index (χ2v) is 20.1. The quantitative estimate of drug-likeness (QED) is 0.0826. The van der Waals surface area contributed by atoms with Crippen molar-refractivity contribution in [2.45, 2.75) is 45.3 Å². The largest absolute Gasteiger partial charge is 0.490 e. The van der Waals surface area contributed by atoms with Crippen LogP contribution in [0.1, 0.15) is 33.5 Å². The van der Waals surface area contributed by atoms with Gasteiger partial charge in [-0.1, -0.05) is 59.2 Å². The van der Waals surface area contributed by atoms with Crippen molar-refractivity contribution >= 4 is 62.8 Å². The first-order valence-electron chi connectivity index (χ1n) is 24.7. The van der Waals surface area contributed by atoms with E-state index >= 15 is 0 Å². The van der Waals surface area contributed by atoms with E-state index in [4.69, 9.17) is 71.1 Å². The number of thioether (sulfide) groups is 1. The van der Waals surface area contributed by atoms with E-state index in [1.807, 2.05) is 38.1 Å². The Morgan fingerprint density at radius 1 is 0.893 bits per heavy atom. The highest BCUT2D eigenvalue weighted by Crippen LogP contribution is 2.55. The van der Waals surface area contributed by atoms with Gasteiger partial charge in [0.1, 0.15) is 55.3 Å². The topological polar surface area (TPSA) is 168 Å². The van der Waals surface area contributed by atoms with Gasteiger partial charge < -0.3 is 47.9 Å². The van der Waals surface area contributed by atoms with Crippen molar-refractivity contribution in [1.29, 1.82) is 0 Å². The number of likely N-dealkylation sites (N-methyl/N-ethyl adjacent to an activating group) is 1. The molecular formula is C55H59Cl2FN6O10S. The number of piperazine rings is 1. The second kappa shape index (κ2) is 25.4. The number of hydrogen-bond donors (Lipinski definition) is 1. The van der Waals surface area contributed by atoms with E-state index in [9.17, 15) is 14.3 Å². The minimum absolute atomic E-state index is 0.00930. The van der Waals surface area contributed by atoms with Crippen LogP contribution < -0.4 is 18.9 Å². The van der Waals surface area contributed by atoms with E-state index in [1.54, 1.807) is 49.7 Å². The molecule has 0 spiro atoms. The molecular weight excluding hydrogens is 1030 g/mol. The Morgan fingerprint density at radius 3 is 2.37 bits per heavy atom. The zero-order chi connectivity index (χ0) is 52.4. The van der Waals surface area contributed by atoms with Crippen molar-refractivity contribution in [3.63, 3.8) is 0 Å². The van der Waals surface area contributed by atoms with Gasteiger partial charge in [-0.25, -0.2) is 29.1 Å². The van der Waals surface area contributed by atoms with Gasteiger partial charge in [0.25, 0.3) is 0 Å². The number of aromatic nitrogens is 2. The lowest BCUT2D eigenvalue weighted by Crippen LogP contribution is -2.49. The molecule has 1 N–H and O–H groups in total. The number of ether oxygens (including phenoxy) is 8. The molecule has 0 saturated carbocycles. The van der Waals surface area contributed by atoms with Crippen molar-refractivity contribution in [2.75, 3.05) is 93.1 Å². The molecule has 5 aliphatic heterocycles. The molecule has 4 bridgehead atoms. The smallest absolute Gasteiger partial charge is 0.333 e. The molecule has 5 aromatic rings. The van der Waals surface area contributed by atoms with Gasteiger partial charge in [-0.2, -0.15) is 0 Å². The van der Waals surface area contributed by atoms with Gasteiger partial charge in [-0.15, -0.1) is 0 Å². The highest BCUT2D eigenvalue weighted by atomic mass is 35.5. The lowest BCUT2D eigenvalue weighted by atomic mass is 9.84. The number of halogens is 3. The molecule has 4 aromatic carbocycles. The number of para-hydroxylation sites is 1. The lowest BCUT2D eigenvalue weighted by Gasteiger charge is -2.35. The standard InChI is InChI=1S/C55H59Cl2FN6O10S/c1-33-45-34(2)49(57)50(48(33)56)73-40(29-64-19-17-63(3)18-20-64)31-71-39-13-14-42(72-30-38-15-16-59-52(62-38)41-7-5-6-8-43(41)70-26-25-69-24-23-68-22-21-67-4)36(27-39)28-44(55(65)66)74-53-47-46(45)51(75-54(47)61-32-60-53)35-9-11-37(58)12-10-35/h5-16,27,32,40,44,47,53H,17-26,28-31H2,1-4H3,(H,65,66)/t40-,44-,47?,53?/m1/s1. The van der Waals surface area contributed by atoms with Crippen LogP contribution >= 0.6 is 35.0 Å². The molecule has 75 heavy (non-hydrogen) atoms. The molecule has 1 aromatic heterocycles. The Labute approximate surface area is 449 Å². The maximum atomic E-state index is 14.4. The summed E-state index contributed by atoms with van der Waals surface area (Å²) < 4.78 is 63.3. The maximum absolute atomic E-state index is 14.4. The highest BCUT2D eigenvalue weighted by Gasteiger charge is 2.45. The van der Waals surface area contributed by atoms with Crippen LogP contribution in [0, 0.1) is 25.6 Å².